The third-order valence-corrected chi connectivity index (χ3v) is 3.17. The van der Waals surface area contributed by atoms with Gasteiger partial charge in [0, 0.05) is 33.7 Å². The van der Waals surface area contributed by atoms with E-state index in [0.29, 0.717) is 25.3 Å². The monoisotopic (exact) mass is 266 g/mol. The molecule has 19 heavy (non-hydrogen) atoms. The summed E-state index contributed by atoms with van der Waals surface area (Å²) in [5.74, 6) is -0.173. The van der Waals surface area contributed by atoms with Gasteiger partial charge < -0.3 is 19.5 Å². The molecule has 2 amide bonds. The van der Waals surface area contributed by atoms with Crippen LogP contribution in [0, 0.1) is 6.92 Å². The smallest absolute Gasteiger partial charge is 0.292 e. The van der Waals surface area contributed by atoms with Gasteiger partial charge in [-0.25, -0.2) is 4.98 Å². The molecule has 1 saturated heterocycles. The van der Waals surface area contributed by atoms with Gasteiger partial charge in [0.15, 0.2) is 6.39 Å². The molecule has 7 heteroatoms. The summed E-state index contributed by atoms with van der Waals surface area (Å²) in [5.41, 5.74) is 0.541. The van der Waals surface area contributed by atoms with Crippen molar-refractivity contribution in [3.63, 3.8) is 0 Å². The molecule has 1 N–H and O–H groups in total. The Morgan fingerprint density at radius 1 is 1.53 bits per heavy atom. The third kappa shape index (κ3) is 2.60. The van der Waals surface area contributed by atoms with Crippen LogP contribution in [0.3, 0.4) is 0 Å². The average Bonchev–Trinajstić information content (AvgIpc) is 2.83. The van der Waals surface area contributed by atoms with Gasteiger partial charge in [0.2, 0.25) is 11.7 Å². The number of likely N-dealkylation sites (N-methyl/N-ethyl adjacent to an activating group) is 1. The van der Waals surface area contributed by atoms with Crippen molar-refractivity contribution >= 4 is 11.8 Å². The molecule has 1 fully saturated rings. The van der Waals surface area contributed by atoms with E-state index in [0.717, 1.165) is 0 Å². The summed E-state index contributed by atoms with van der Waals surface area (Å²) in [7, 11) is 3.36. The Morgan fingerprint density at radius 3 is 2.84 bits per heavy atom. The molecular weight excluding hydrogens is 248 g/mol. The number of amides is 2. The highest BCUT2D eigenvalue weighted by Gasteiger charge is 2.35. The zero-order chi connectivity index (χ0) is 14.0. The lowest BCUT2D eigenvalue weighted by atomic mass is 10.1. The SMILES string of the molecule is Cc1ncoc1C(=O)N1CCNCC1C(=O)N(C)C. The number of hydrogen-bond donors (Lipinski definition) is 1. The topological polar surface area (TPSA) is 78.7 Å². The normalized spacial score (nSPS) is 19.3. The molecule has 0 radical (unpaired) electrons. The zero-order valence-corrected chi connectivity index (χ0v) is 11.3. The number of carbonyl (C=O) groups excluding carboxylic acids is 2. The number of piperazine rings is 1. The molecule has 1 aliphatic rings. The van der Waals surface area contributed by atoms with E-state index in [2.05, 4.69) is 10.3 Å². The van der Waals surface area contributed by atoms with Crippen LogP contribution in [0.15, 0.2) is 10.8 Å². The molecule has 2 rings (SSSR count). The Kier molecular flexibility index (Phi) is 3.84. The first-order valence-electron chi connectivity index (χ1n) is 6.15. The Labute approximate surface area is 111 Å². The summed E-state index contributed by atoms with van der Waals surface area (Å²) in [6, 6.07) is -0.499. The summed E-state index contributed by atoms with van der Waals surface area (Å²) in [6.45, 7) is 3.30. The largest absolute Gasteiger partial charge is 0.438 e. The minimum Gasteiger partial charge on any atom is -0.438 e. The highest BCUT2D eigenvalue weighted by molar-refractivity contribution is 5.96. The highest BCUT2D eigenvalue weighted by atomic mass is 16.3. The van der Waals surface area contributed by atoms with E-state index in [1.807, 2.05) is 0 Å². The van der Waals surface area contributed by atoms with Crippen molar-refractivity contribution in [1.82, 2.24) is 20.1 Å². The summed E-state index contributed by atoms with van der Waals surface area (Å²) >= 11 is 0. The Morgan fingerprint density at radius 2 is 2.26 bits per heavy atom. The van der Waals surface area contributed by atoms with Crippen LogP contribution < -0.4 is 5.32 Å². The minimum atomic E-state index is -0.499. The van der Waals surface area contributed by atoms with Gasteiger partial charge in [-0.15, -0.1) is 0 Å². The third-order valence-electron chi connectivity index (χ3n) is 3.17. The molecule has 0 bridgehead atoms. The van der Waals surface area contributed by atoms with Crippen LogP contribution in [-0.2, 0) is 4.79 Å². The van der Waals surface area contributed by atoms with E-state index in [4.69, 9.17) is 4.42 Å². The number of rotatable bonds is 2. The summed E-state index contributed by atoms with van der Waals surface area (Å²) in [5, 5.41) is 3.13. The van der Waals surface area contributed by atoms with Crippen molar-refractivity contribution in [2.75, 3.05) is 33.7 Å². The maximum Gasteiger partial charge on any atom is 0.292 e. The first kappa shape index (κ1) is 13.5. The molecule has 2 heterocycles. The van der Waals surface area contributed by atoms with Crippen molar-refractivity contribution in [1.29, 1.82) is 0 Å². The van der Waals surface area contributed by atoms with Gasteiger partial charge in [0.05, 0.1) is 5.69 Å². The number of aromatic nitrogens is 1. The molecule has 1 aromatic heterocycles. The fraction of sp³-hybridized carbons (Fsp3) is 0.583. The number of aryl methyl sites for hydroxylation is 1. The molecule has 104 valence electrons. The Hall–Kier alpha value is -1.89. The van der Waals surface area contributed by atoms with Crippen LogP contribution in [-0.4, -0.2) is 66.4 Å². The van der Waals surface area contributed by atoms with E-state index < -0.39 is 6.04 Å². The lowest BCUT2D eigenvalue weighted by Crippen LogP contribution is -2.59. The van der Waals surface area contributed by atoms with Crippen molar-refractivity contribution in [2.24, 2.45) is 0 Å². The molecule has 1 unspecified atom stereocenters. The fourth-order valence-corrected chi connectivity index (χ4v) is 2.10. The van der Waals surface area contributed by atoms with Crippen LogP contribution in [0.4, 0.5) is 0 Å². The van der Waals surface area contributed by atoms with Gasteiger partial charge >= 0.3 is 0 Å². The predicted molar refractivity (Wildman–Crippen MR) is 67.6 cm³/mol. The number of nitrogens with one attached hydrogen (secondary N) is 1. The zero-order valence-electron chi connectivity index (χ0n) is 11.3. The van der Waals surface area contributed by atoms with Gasteiger partial charge in [-0.3, -0.25) is 9.59 Å². The lowest BCUT2D eigenvalue weighted by molar-refractivity contribution is -0.134. The van der Waals surface area contributed by atoms with Gasteiger partial charge in [-0.1, -0.05) is 0 Å². The molecular formula is C12H18N4O3. The van der Waals surface area contributed by atoms with Crippen LogP contribution in [0.5, 0.6) is 0 Å². The second-order valence-electron chi connectivity index (χ2n) is 4.72. The second kappa shape index (κ2) is 5.40. The molecule has 0 saturated carbocycles. The average molecular weight is 266 g/mol. The molecule has 1 aromatic rings. The maximum atomic E-state index is 12.4. The van der Waals surface area contributed by atoms with Gasteiger partial charge in [-0.05, 0) is 6.92 Å². The van der Waals surface area contributed by atoms with E-state index in [1.165, 1.54) is 11.3 Å². The van der Waals surface area contributed by atoms with E-state index in [-0.39, 0.29) is 17.6 Å². The van der Waals surface area contributed by atoms with Crippen molar-refractivity contribution in [3.8, 4) is 0 Å². The van der Waals surface area contributed by atoms with Crippen LogP contribution in [0.2, 0.25) is 0 Å². The van der Waals surface area contributed by atoms with E-state index in [1.54, 1.807) is 25.9 Å². The molecule has 0 aromatic carbocycles. The van der Waals surface area contributed by atoms with Crippen molar-refractivity contribution < 1.29 is 14.0 Å². The fourth-order valence-electron chi connectivity index (χ4n) is 2.10. The molecule has 0 spiro atoms. The summed E-state index contributed by atoms with van der Waals surface area (Å²) in [6.07, 6.45) is 1.24. The van der Waals surface area contributed by atoms with E-state index >= 15 is 0 Å². The van der Waals surface area contributed by atoms with Gasteiger partial charge in [0.25, 0.3) is 5.91 Å². The van der Waals surface area contributed by atoms with Crippen LogP contribution in [0.1, 0.15) is 16.2 Å². The molecule has 1 atom stereocenters. The molecule has 1 aliphatic heterocycles. The quantitative estimate of drug-likeness (QED) is 0.779. The van der Waals surface area contributed by atoms with Gasteiger partial charge in [-0.2, -0.15) is 0 Å². The summed E-state index contributed by atoms with van der Waals surface area (Å²) in [4.78, 5) is 31.5. The number of carbonyl (C=O) groups is 2. The van der Waals surface area contributed by atoms with Crippen LogP contribution in [0.25, 0.3) is 0 Å². The van der Waals surface area contributed by atoms with E-state index in [9.17, 15) is 9.59 Å². The van der Waals surface area contributed by atoms with Gasteiger partial charge in [0.1, 0.15) is 6.04 Å². The lowest BCUT2D eigenvalue weighted by Gasteiger charge is -2.35. The van der Waals surface area contributed by atoms with Crippen molar-refractivity contribution in [3.05, 3.63) is 17.8 Å². The first-order chi connectivity index (χ1) is 9.02. The Balaban J connectivity index is 2.23. The molecule has 7 nitrogen and oxygen atoms in total. The standard InChI is InChI=1S/C12H18N4O3/c1-8-10(19-7-14-8)12(18)16-5-4-13-6-9(16)11(17)15(2)3/h7,9,13H,4-6H2,1-3H3. The number of hydrogen-bond acceptors (Lipinski definition) is 5. The highest BCUT2D eigenvalue weighted by Crippen LogP contribution is 2.14. The van der Waals surface area contributed by atoms with Crippen LogP contribution >= 0.6 is 0 Å². The molecule has 0 aliphatic carbocycles. The number of nitrogens with zero attached hydrogens (tertiary/aromatic N) is 3. The number of oxazole rings is 1. The predicted octanol–water partition coefficient (Wildman–Crippen LogP) is -0.515. The maximum absolute atomic E-state index is 12.4. The first-order valence-corrected chi connectivity index (χ1v) is 6.15. The minimum absolute atomic E-state index is 0.0993. The Bertz CT molecular complexity index is 483. The summed E-state index contributed by atoms with van der Waals surface area (Å²) < 4.78 is 5.12. The van der Waals surface area contributed by atoms with Crippen molar-refractivity contribution in [2.45, 2.75) is 13.0 Å². The second-order valence-corrected chi connectivity index (χ2v) is 4.72.